The number of carbonyl (C=O) groups excluding carboxylic acids is 1. The lowest BCUT2D eigenvalue weighted by atomic mass is 10.5. The maximum atomic E-state index is 11.5. The lowest BCUT2D eigenvalue weighted by Crippen LogP contribution is -2.51. The van der Waals surface area contributed by atoms with Crippen molar-refractivity contribution in [2.75, 3.05) is 19.6 Å². The highest BCUT2D eigenvalue weighted by Crippen LogP contribution is 2.15. The molecule has 0 amide bonds. The van der Waals surface area contributed by atoms with Gasteiger partial charge in [-0.15, -0.1) is 8.42 Å². The minimum Gasteiger partial charge on any atom is -0.870 e. The molecule has 0 atom stereocenters. The number of rotatable bonds is 5. The summed E-state index contributed by atoms with van der Waals surface area (Å²) in [7, 11) is -3.75. The van der Waals surface area contributed by atoms with E-state index in [1.165, 1.54) is 0 Å². The Hall–Kier alpha value is -0.750. The Morgan fingerprint density at radius 2 is 1.50 bits per heavy atom. The van der Waals surface area contributed by atoms with Crippen molar-refractivity contribution in [3.63, 3.8) is 0 Å². The average molecular weight is 224 g/mol. The maximum absolute atomic E-state index is 11.5. The first-order chi connectivity index (χ1) is 5.99. The minimum absolute atomic E-state index is 0. The van der Waals surface area contributed by atoms with Crippen LogP contribution in [0.25, 0.3) is 0 Å². The lowest BCUT2D eigenvalue weighted by molar-refractivity contribution is -0.800. The fraction of sp³-hybridized carbons (Fsp3) is 0.857. The van der Waals surface area contributed by atoms with Crippen molar-refractivity contribution in [1.29, 1.82) is 0 Å². The highest BCUT2D eigenvalue weighted by Gasteiger charge is 2.37. The first kappa shape index (κ1) is 15.7. The van der Waals surface area contributed by atoms with Gasteiger partial charge in [-0.1, -0.05) is 0 Å². The van der Waals surface area contributed by atoms with E-state index in [0.717, 1.165) is 6.08 Å². The monoisotopic (exact) mass is 224 g/mol. The summed E-state index contributed by atoms with van der Waals surface area (Å²) in [6.07, 6.45) is 1.09. The minimum atomic E-state index is -3.75. The van der Waals surface area contributed by atoms with E-state index in [1.807, 2.05) is 0 Å². The molecule has 0 saturated carbocycles. The van der Waals surface area contributed by atoms with Crippen LogP contribution in [0.1, 0.15) is 20.8 Å². The van der Waals surface area contributed by atoms with Crippen LogP contribution >= 0.6 is 0 Å². The third kappa shape index (κ3) is 2.62. The molecule has 0 aromatic heterocycles. The SMILES string of the molecule is CC[N+](CC)(CC)S(=O)(=O)N=C=O.[OH-]. The molecule has 0 rings (SSSR count). The molecule has 0 aliphatic heterocycles. The van der Waals surface area contributed by atoms with Crippen LogP contribution in [0.4, 0.5) is 0 Å². The van der Waals surface area contributed by atoms with Crippen molar-refractivity contribution in [1.82, 2.24) is 0 Å². The molecule has 0 aliphatic rings. The molecule has 6 nitrogen and oxygen atoms in total. The normalized spacial score (nSPS) is 11.4. The van der Waals surface area contributed by atoms with Crippen molar-refractivity contribution in [2.24, 2.45) is 4.40 Å². The summed E-state index contributed by atoms with van der Waals surface area (Å²) in [5.41, 5.74) is 0. The van der Waals surface area contributed by atoms with E-state index < -0.39 is 10.2 Å². The van der Waals surface area contributed by atoms with Crippen molar-refractivity contribution >= 4 is 16.3 Å². The smallest absolute Gasteiger partial charge is 0.425 e. The molecule has 0 spiro atoms. The van der Waals surface area contributed by atoms with Gasteiger partial charge in [0.2, 0.25) is 0 Å². The first-order valence-electron chi connectivity index (χ1n) is 4.20. The summed E-state index contributed by atoms with van der Waals surface area (Å²) in [6, 6.07) is 0. The van der Waals surface area contributed by atoms with Gasteiger partial charge in [0.1, 0.15) is 0 Å². The second kappa shape index (κ2) is 5.87. The molecule has 0 fully saturated rings. The van der Waals surface area contributed by atoms with Crippen LogP contribution in [-0.2, 0) is 15.0 Å². The summed E-state index contributed by atoms with van der Waals surface area (Å²) >= 11 is 0. The van der Waals surface area contributed by atoms with Crippen molar-refractivity contribution in [3.05, 3.63) is 0 Å². The molecule has 0 saturated heterocycles. The van der Waals surface area contributed by atoms with Gasteiger partial charge in [0, 0.05) is 0 Å². The summed E-state index contributed by atoms with van der Waals surface area (Å²) in [6.45, 7) is 6.47. The van der Waals surface area contributed by atoms with E-state index in [1.54, 1.807) is 20.8 Å². The zero-order valence-electron chi connectivity index (χ0n) is 8.60. The van der Waals surface area contributed by atoms with Crippen LogP contribution in [-0.4, -0.2) is 43.5 Å². The van der Waals surface area contributed by atoms with Crippen molar-refractivity contribution in [3.8, 4) is 0 Å². The number of isocyanates is 1. The molecular weight excluding hydrogens is 208 g/mol. The lowest BCUT2D eigenvalue weighted by Gasteiger charge is -2.30. The predicted octanol–water partition coefficient (Wildman–Crippen LogP) is 0.267. The van der Waals surface area contributed by atoms with Crippen LogP contribution in [0, 0.1) is 0 Å². The average Bonchev–Trinajstić information content (AvgIpc) is 2.07. The van der Waals surface area contributed by atoms with E-state index in [2.05, 4.69) is 4.40 Å². The molecule has 7 heteroatoms. The van der Waals surface area contributed by atoms with Gasteiger partial charge in [0.25, 0.3) is 6.08 Å². The Morgan fingerprint density at radius 3 is 1.71 bits per heavy atom. The van der Waals surface area contributed by atoms with E-state index in [0.29, 0.717) is 19.6 Å². The van der Waals surface area contributed by atoms with Gasteiger partial charge < -0.3 is 5.48 Å². The van der Waals surface area contributed by atoms with Crippen LogP contribution in [0.2, 0.25) is 0 Å². The maximum Gasteiger partial charge on any atom is 0.425 e. The fourth-order valence-corrected chi connectivity index (χ4v) is 2.54. The van der Waals surface area contributed by atoms with Gasteiger partial charge in [-0.2, -0.15) is 3.89 Å². The summed E-state index contributed by atoms with van der Waals surface area (Å²) in [5, 5.41) is 0. The Balaban J connectivity index is 0. The molecule has 0 aromatic rings. The third-order valence-corrected chi connectivity index (χ3v) is 4.43. The van der Waals surface area contributed by atoms with E-state index in [9.17, 15) is 13.2 Å². The fourth-order valence-electron chi connectivity index (χ4n) is 1.29. The van der Waals surface area contributed by atoms with Gasteiger partial charge in [-0.05, 0) is 25.2 Å². The second-order valence-electron chi connectivity index (χ2n) is 2.64. The van der Waals surface area contributed by atoms with Crippen LogP contribution in [0.3, 0.4) is 0 Å². The van der Waals surface area contributed by atoms with Crippen LogP contribution < -0.4 is 0 Å². The molecule has 0 bridgehead atoms. The van der Waals surface area contributed by atoms with Gasteiger partial charge in [-0.3, -0.25) is 0 Å². The van der Waals surface area contributed by atoms with Crippen molar-refractivity contribution < 1.29 is 22.6 Å². The van der Waals surface area contributed by atoms with Gasteiger partial charge in [0.05, 0.1) is 19.6 Å². The van der Waals surface area contributed by atoms with Crippen LogP contribution in [0.15, 0.2) is 4.40 Å². The Kier molecular flexibility index (Phi) is 6.59. The highest BCUT2D eigenvalue weighted by atomic mass is 32.2. The van der Waals surface area contributed by atoms with E-state index in [-0.39, 0.29) is 9.36 Å². The van der Waals surface area contributed by atoms with Gasteiger partial charge in [-0.25, -0.2) is 4.79 Å². The third-order valence-electron chi connectivity index (χ3n) is 2.37. The zero-order valence-corrected chi connectivity index (χ0v) is 9.41. The molecule has 0 heterocycles. The molecule has 84 valence electrons. The second-order valence-corrected chi connectivity index (χ2v) is 4.49. The summed E-state index contributed by atoms with van der Waals surface area (Å²) < 4.78 is 25.7. The molecule has 1 N–H and O–H groups in total. The largest absolute Gasteiger partial charge is 0.870 e. The summed E-state index contributed by atoms with van der Waals surface area (Å²) in [4.78, 5) is 9.93. The number of hydrogen-bond acceptors (Lipinski definition) is 4. The van der Waals surface area contributed by atoms with Crippen molar-refractivity contribution in [2.45, 2.75) is 20.8 Å². The Morgan fingerprint density at radius 1 is 1.14 bits per heavy atom. The van der Waals surface area contributed by atoms with E-state index in [4.69, 9.17) is 0 Å². The highest BCUT2D eigenvalue weighted by molar-refractivity contribution is 7.84. The molecule has 0 aliphatic carbocycles. The molecule has 0 aromatic carbocycles. The van der Waals surface area contributed by atoms with Crippen LogP contribution in [0.5, 0.6) is 0 Å². The molecule has 14 heavy (non-hydrogen) atoms. The number of quaternary nitrogens is 1. The molecular formula is C7H16N2O4S. The molecule has 0 unspecified atom stereocenters. The number of hydrogen-bond donors (Lipinski definition) is 0. The predicted molar refractivity (Wildman–Crippen MR) is 50.9 cm³/mol. The zero-order chi connectivity index (χ0) is 10.5. The quantitative estimate of drug-likeness (QED) is 0.380. The summed E-state index contributed by atoms with van der Waals surface area (Å²) in [5.74, 6) is 0. The topological polar surface area (TPSA) is 93.6 Å². The van der Waals surface area contributed by atoms with E-state index >= 15 is 0 Å². The number of nitrogens with zero attached hydrogens (tertiary/aromatic N) is 2. The van der Waals surface area contributed by atoms with Gasteiger partial charge in [0.15, 0.2) is 0 Å². The Bertz CT molecular complexity index is 293. The first-order valence-corrected chi connectivity index (χ1v) is 5.59. The van der Waals surface area contributed by atoms with Gasteiger partial charge >= 0.3 is 10.2 Å². The molecule has 0 radical (unpaired) electrons. The standard InChI is InChI=1S/C7H15N2O3S.H2O/c1-4-9(5-2,6-3)13(11,12)8-7-10;/h4-6H2,1-3H3;1H2/q+1;/p-1. The Labute approximate surface area is 84.3 Å².